The van der Waals surface area contributed by atoms with E-state index < -0.39 is 17.8 Å². The van der Waals surface area contributed by atoms with Crippen LogP contribution in [0.3, 0.4) is 0 Å². The Bertz CT molecular complexity index is 840. The van der Waals surface area contributed by atoms with E-state index in [-0.39, 0.29) is 23.9 Å². The summed E-state index contributed by atoms with van der Waals surface area (Å²) in [4.78, 5) is 22.1. The second-order valence-corrected chi connectivity index (χ2v) is 6.98. The Morgan fingerprint density at radius 3 is 2.46 bits per heavy atom. The summed E-state index contributed by atoms with van der Waals surface area (Å²) in [5, 5.41) is 3.06. The molecule has 2 atom stereocenters. The molecule has 0 aliphatic carbocycles. The van der Waals surface area contributed by atoms with E-state index in [1.165, 1.54) is 23.2 Å². The van der Waals surface area contributed by atoms with Crippen LogP contribution in [0.15, 0.2) is 36.5 Å². The first-order valence-electron chi connectivity index (χ1n) is 8.89. The van der Waals surface area contributed by atoms with Gasteiger partial charge in [-0.25, -0.2) is 9.78 Å². The van der Waals surface area contributed by atoms with Gasteiger partial charge in [0.25, 0.3) is 0 Å². The Morgan fingerprint density at radius 1 is 1.18 bits per heavy atom. The van der Waals surface area contributed by atoms with Gasteiger partial charge in [0.1, 0.15) is 12.4 Å². The van der Waals surface area contributed by atoms with Gasteiger partial charge in [-0.3, -0.25) is 4.90 Å². The molecule has 2 heterocycles. The van der Waals surface area contributed by atoms with E-state index in [2.05, 4.69) is 15.3 Å². The fourth-order valence-electron chi connectivity index (χ4n) is 2.98. The number of carbonyl (C=O) groups is 1. The Hall–Kier alpha value is -2.84. The lowest BCUT2D eigenvalue weighted by Gasteiger charge is -2.23. The highest BCUT2D eigenvalue weighted by Crippen LogP contribution is 2.30. The molecular weight excluding hydrogens is 373 g/mol. The maximum Gasteiger partial charge on any atom is 0.416 e. The summed E-state index contributed by atoms with van der Waals surface area (Å²) >= 11 is 0. The molecule has 0 unspecified atom stereocenters. The van der Waals surface area contributed by atoms with E-state index in [9.17, 15) is 18.0 Å². The van der Waals surface area contributed by atoms with Gasteiger partial charge in [0.15, 0.2) is 0 Å². The number of aromatic nitrogens is 2. The van der Waals surface area contributed by atoms with Crippen LogP contribution in [0.25, 0.3) is 0 Å². The molecule has 1 amide bonds. The van der Waals surface area contributed by atoms with Crippen LogP contribution in [0.4, 0.5) is 29.7 Å². The number of rotatable bonds is 5. The van der Waals surface area contributed by atoms with Gasteiger partial charge in [-0.05, 0) is 36.6 Å². The van der Waals surface area contributed by atoms with Crippen LogP contribution in [0.1, 0.15) is 37.9 Å². The molecule has 2 aromatic rings. The summed E-state index contributed by atoms with van der Waals surface area (Å²) < 4.78 is 43.2. The molecule has 1 N–H and O–H groups in total. The van der Waals surface area contributed by atoms with Gasteiger partial charge in [0.2, 0.25) is 5.95 Å². The molecule has 0 spiro atoms. The fraction of sp³-hybridized carbons (Fsp3) is 0.421. The maximum absolute atomic E-state index is 12.7. The highest BCUT2D eigenvalue weighted by Gasteiger charge is 2.37. The van der Waals surface area contributed by atoms with E-state index >= 15 is 0 Å². The predicted molar refractivity (Wildman–Crippen MR) is 98.0 cm³/mol. The fourth-order valence-corrected chi connectivity index (χ4v) is 2.98. The lowest BCUT2D eigenvalue weighted by atomic mass is 10.0. The van der Waals surface area contributed by atoms with Gasteiger partial charge in [-0.15, -0.1) is 0 Å². The van der Waals surface area contributed by atoms with Gasteiger partial charge in [0, 0.05) is 6.20 Å². The Balaban J connectivity index is 1.76. The van der Waals surface area contributed by atoms with Crippen molar-refractivity contribution in [3.8, 4) is 0 Å². The number of hydrogen-bond acceptors (Lipinski definition) is 5. The third kappa shape index (κ3) is 4.18. The van der Waals surface area contributed by atoms with Crippen molar-refractivity contribution in [1.82, 2.24) is 9.97 Å². The zero-order valence-electron chi connectivity index (χ0n) is 15.7. The first-order chi connectivity index (χ1) is 13.2. The second kappa shape index (κ2) is 7.65. The highest BCUT2D eigenvalue weighted by molar-refractivity contribution is 5.89. The quantitative estimate of drug-likeness (QED) is 0.800. The molecule has 0 radical (unpaired) electrons. The van der Waals surface area contributed by atoms with Crippen LogP contribution >= 0.6 is 0 Å². The first-order valence-corrected chi connectivity index (χ1v) is 8.89. The molecule has 150 valence electrons. The smallest absolute Gasteiger partial charge is 0.416 e. The predicted octanol–water partition coefficient (Wildman–Crippen LogP) is 4.65. The molecule has 3 rings (SSSR count). The summed E-state index contributed by atoms with van der Waals surface area (Å²) in [7, 11) is 0. The third-order valence-corrected chi connectivity index (χ3v) is 4.65. The zero-order chi connectivity index (χ0) is 20.5. The summed E-state index contributed by atoms with van der Waals surface area (Å²) in [5.74, 6) is 0.870. The number of cyclic esters (lactones) is 1. The molecule has 0 saturated carbocycles. The number of alkyl halides is 3. The van der Waals surface area contributed by atoms with Crippen molar-refractivity contribution in [3.63, 3.8) is 0 Å². The third-order valence-electron chi connectivity index (χ3n) is 4.65. The molecule has 1 aromatic heterocycles. The Morgan fingerprint density at radius 2 is 1.86 bits per heavy atom. The average Bonchev–Trinajstić information content (AvgIpc) is 3.03. The van der Waals surface area contributed by atoms with Crippen LogP contribution in [0, 0.1) is 5.92 Å². The molecule has 1 saturated heterocycles. The molecule has 0 bridgehead atoms. The van der Waals surface area contributed by atoms with Crippen molar-refractivity contribution < 1.29 is 22.7 Å². The molecule has 6 nitrogen and oxygen atoms in total. The van der Waals surface area contributed by atoms with Crippen molar-refractivity contribution in [2.24, 2.45) is 5.92 Å². The van der Waals surface area contributed by atoms with Crippen LogP contribution in [0.2, 0.25) is 0 Å². The lowest BCUT2D eigenvalue weighted by Crippen LogP contribution is -2.37. The van der Waals surface area contributed by atoms with Crippen molar-refractivity contribution >= 4 is 17.9 Å². The number of halogens is 3. The maximum atomic E-state index is 12.7. The molecule has 1 aliphatic heterocycles. The minimum absolute atomic E-state index is 0.123. The van der Waals surface area contributed by atoms with Gasteiger partial charge in [-0.2, -0.15) is 18.2 Å². The van der Waals surface area contributed by atoms with Gasteiger partial charge >= 0.3 is 12.3 Å². The Labute approximate surface area is 160 Å². The van der Waals surface area contributed by atoms with E-state index in [4.69, 9.17) is 4.74 Å². The normalized spacial score (nSPS) is 18.3. The number of nitrogens with one attached hydrogen (secondary N) is 1. The average molecular weight is 394 g/mol. The number of nitrogens with zero attached hydrogens (tertiary/aromatic N) is 3. The zero-order valence-corrected chi connectivity index (χ0v) is 15.7. The van der Waals surface area contributed by atoms with Gasteiger partial charge in [-0.1, -0.05) is 26.0 Å². The van der Waals surface area contributed by atoms with E-state index in [1.807, 2.05) is 13.8 Å². The lowest BCUT2D eigenvalue weighted by molar-refractivity contribution is -0.137. The standard InChI is InChI=1S/C19H21F3N4O2/c1-11(2)15-10-28-18(27)26(15)16-8-9-23-17(25-16)24-12(3)13-4-6-14(7-5-13)19(20,21)22/h4-9,11-12,15H,10H2,1-3H3,(H,23,24,25)/t12-,15-/m1/s1. The number of hydrogen-bond donors (Lipinski definition) is 1. The molecule has 1 aromatic carbocycles. The Kier molecular flexibility index (Phi) is 5.44. The van der Waals surface area contributed by atoms with Crippen molar-refractivity contribution in [3.05, 3.63) is 47.7 Å². The minimum atomic E-state index is -4.37. The number of ether oxygens (including phenoxy) is 1. The van der Waals surface area contributed by atoms with Crippen LogP contribution < -0.4 is 10.2 Å². The topological polar surface area (TPSA) is 67.3 Å². The molecule has 1 aliphatic rings. The van der Waals surface area contributed by atoms with Gasteiger partial charge in [0.05, 0.1) is 17.6 Å². The summed E-state index contributed by atoms with van der Waals surface area (Å²) in [5.41, 5.74) is -0.0448. The minimum Gasteiger partial charge on any atom is -0.447 e. The largest absolute Gasteiger partial charge is 0.447 e. The number of benzene rings is 1. The summed E-state index contributed by atoms with van der Waals surface area (Å²) in [6.45, 7) is 6.07. The second-order valence-electron chi connectivity index (χ2n) is 6.98. The number of anilines is 2. The first kappa shape index (κ1) is 19.9. The number of carbonyl (C=O) groups excluding carboxylic acids is 1. The van der Waals surface area contributed by atoms with Crippen LogP contribution in [-0.2, 0) is 10.9 Å². The molecular formula is C19H21F3N4O2. The van der Waals surface area contributed by atoms with Crippen molar-refractivity contribution in [1.29, 1.82) is 0 Å². The summed E-state index contributed by atoms with van der Waals surface area (Å²) in [6.07, 6.45) is -3.31. The van der Waals surface area contributed by atoms with E-state index in [0.717, 1.165) is 12.1 Å². The van der Waals surface area contributed by atoms with Crippen LogP contribution in [-0.4, -0.2) is 28.7 Å². The SMILES string of the molecule is CC(C)[C@H]1COC(=O)N1c1ccnc(N[C@H](C)c2ccc(C(F)(F)F)cc2)n1. The molecule has 28 heavy (non-hydrogen) atoms. The number of amides is 1. The summed E-state index contributed by atoms with van der Waals surface area (Å²) in [6, 6.07) is 6.08. The van der Waals surface area contributed by atoms with E-state index in [1.54, 1.807) is 13.0 Å². The molecule has 9 heteroatoms. The highest BCUT2D eigenvalue weighted by atomic mass is 19.4. The van der Waals surface area contributed by atoms with Crippen molar-refractivity contribution in [2.45, 2.75) is 39.0 Å². The van der Waals surface area contributed by atoms with Gasteiger partial charge < -0.3 is 10.1 Å². The van der Waals surface area contributed by atoms with E-state index in [0.29, 0.717) is 18.0 Å². The van der Waals surface area contributed by atoms with Crippen LogP contribution in [0.5, 0.6) is 0 Å². The monoisotopic (exact) mass is 394 g/mol. The molecule has 1 fully saturated rings. The van der Waals surface area contributed by atoms with Crippen molar-refractivity contribution in [2.75, 3.05) is 16.8 Å².